The highest BCUT2D eigenvalue weighted by Gasteiger charge is 2.17. The standard InChI is InChI=1S/C20H23ClN2O4S/c1-4-27-18-8-6-5-7-16(18)23-19(24)12-28-13(2)20(25)22-14-9-10-17(26-3)15(21)11-14/h5-11,13H,4,12H2,1-3H3,(H,22,25)(H,23,24). The van der Waals surface area contributed by atoms with Crippen molar-refractivity contribution < 1.29 is 19.1 Å². The van der Waals surface area contributed by atoms with Gasteiger partial charge in [0.15, 0.2) is 0 Å². The molecule has 8 heteroatoms. The van der Waals surface area contributed by atoms with E-state index in [9.17, 15) is 9.59 Å². The lowest BCUT2D eigenvalue weighted by molar-refractivity contribution is -0.115. The van der Waals surface area contributed by atoms with Crippen molar-refractivity contribution in [2.75, 3.05) is 30.1 Å². The predicted molar refractivity (Wildman–Crippen MR) is 115 cm³/mol. The third-order valence-electron chi connectivity index (χ3n) is 3.71. The molecule has 0 aromatic heterocycles. The van der Waals surface area contributed by atoms with Gasteiger partial charge in [-0.15, -0.1) is 11.8 Å². The van der Waals surface area contributed by atoms with Gasteiger partial charge >= 0.3 is 0 Å². The first-order valence-electron chi connectivity index (χ1n) is 8.72. The van der Waals surface area contributed by atoms with Crippen LogP contribution in [0.15, 0.2) is 42.5 Å². The summed E-state index contributed by atoms with van der Waals surface area (Å²) < 4.78 is 10.6. The van der Waals surface area contributed by atoms with Gasteiger partial charge in [-0.2, -0.15) is 0 Å². The van der Waals surface area contributed by atoms with Crippen LogP contribution in [-0.4, -0.2) is 36.5 Å². The van der Waals surface area contributed by atoms with Crippen molar-refractivity contribution in [3.63, 3.8) is 0 Å². The molecule has 150 valence electrons. The summed E-state index contributed by atoms with van der Waals surface area (Å²) in [7, 11) is 1.52. The Morgan fingerprint density at radius 2 is 1.89 bits per heavy atom. The van der Waals surface area contributed by atoms with E-state index in [1.165, 1.54) is 18.9 Å². The number of methoxy groups -OCH3 is 1. The summed E-state index contributed by atoms with van der Waals surface area (Å²) in [5.41, 5.74) is 1.18. The zero-order chi connectivity index (χ0) is 20.5. The summed E-state index contributed by atoms with van der Waals surface area (Å²) in [5.74, 6) is 0.868. The average molecular weight is 423 g/mol. The lowest BCUT2D eigenvalue weighted by Gasteiger charge is -2.14. The molecule has 0 saturated carbocycles. The molecule has 2 aromatic carbocycles. The molecule has 0 saturated heterocycles. The number of amides is 2. The summed E-state index contributed by atoms with van der Waals surface area (Å²) in [5, 5.41) is 5.58. The fourth-order valence-electron chi connectivity index (χ4n) is 2.30. The van der Waals surface area contributed by atoms with Crippen LogP contribution in [0.4, 0.5) is 11.4 Å². The van der Waals surface area contributed by atoms with E-state index in [0.29, 0.717) is 34.5 Å². The second-order valence-corrected chi connectivity index (χ2v) is 7.51. The Labute approximate surface area is 173 Å². The summed E-state index contributed by atoms with van der Waals surface area (Å²) >= 11 is 7.30. The highest BCUT2D eigenvalue weighted by Crippen LogP contribution is 2.28. The largest absolute Gasteiger partial charge is 0.495 e. The number of thioether (sulfide) groups is 1. The van der Waals surface area contributed by atoms with E-state index in [1.54, 1.807) is 37.3 Å². The summed E-state index contributed by atoms with van der Waals surface area (Å²) in [6.07, 6.45) is 0. The minimum atomic E-state index is -0.422. The van der Waals surface area contributed by atoms with Crippen molar-refractivity contribution in [1.29, 1.82) is 0 Å². The minimum absolute atomic E-state index is 0.137. The SMILES string of the molecule is CCOc1ccccc1NC(=O)CSC(C)C(=O)Nc1ccc(OC)c(Cl)c1. The van der Waals surface area contributed by atoms with Crippen molar-refractivity contribution in [2.45, 2.75) is 19.1 Å². The summed E-state index contributed by atoms with van der Waals surface area (Å²) in [4.78, 5) is 24.5. The number of carbonyl (C=O) groups is 2. The first-order valence-corrected chi connectivity index (χ1v) is 10.1. The van der Waals surface area contributed by atoms with Crippen LogP contribution in [0.2, 0.25) is 5.02 Å². The third kappa shape index (κ3) is 6.35. The smallest absolute Gasteiger partial charge is 0.237 e. The van der Waals surface area contributed by atoms with Gasteiger partial charge in [0.2, 0.25) is 11.8 Å². The molecule has 0 heterocycles. The van der Waals surface area contributed by atoms with Crippen LogP contribution in [0.1, 0.15) is 13.8 Å². The van der Waals surface area contributed by atoms with Gasteiger partial charge in [-0.3, -0.25) is 9.59 Å². The van der Waals surface area contributed by atoms with Gasteiger partial charge < -0.3 is 20.1 Å². The Hall–Kier alpha value is -2.38. The van der Waals surface area contributed by atoms with Crippen LogP contribution < -0.4 is 20.1 Å². The normalized spacial score (nSPS) is 11.4. The maximum absolute atomic E-state index is 12.3. The van der Waals surface area contributed by atoms with Crippen molar-refractivity contribution >= 4 is 46.6 Å². The highest BCUT2D eigenvalue weighted by molar-refractivity contribution is 8.01. The molecule has 0 spiro atoms. The minimum Gasteiger partial charge on any atom is -0.495 e. The number of carbonyl (C=O) groups excluding carboxylic acids is 2. The number of hydrogen-bond acceptors (Lipinski definition) is 5. The predicted octanol–water partition coefficient (Wildman–Crippen LogP) is 4.45. The first kappa shape index (κ1) is 21.9. The maximum atomic E-state index is 12.3. The number of ether oxygens (including phenoxy) is 2. The monoisotopic (exact) mass is 422 g/mol. The van der Waals surface area contributed by atoms with Crippen LogP contribution in [0, 0.1) is 0 Å². The Balaban J connectivity index is 1.85. The van der Waals surface area contributed by atoms with Crippen molar-refractivity contribution in [3.05, 3.63) is 47.5 Å². The van der Waals surface area contributed by atoms with Gasteiger partial charge in [0, 0.05) is 5.69 Å². The lowest BCUT2D eigenvalue weighted by atomic mass is 10.3. The molecule has 2 aromatic rings. The van der Waals surface area contributed by atoms with Gasteiger partial charge in [0.1, 0.15) is 11.5 Å². The number of halogens is 1. The first-order chi connectivity index (χ1) is 13.4. The molecule has 2 N–H and O–H groups in total. The fourth-order valence-corrected chi connectivity index (χ4v) is 3.24. The Morgan fingerprint density at radius 1 is 1.14 bits per heavy atom. The van der Waals surface area contributed by atoms with E-state index in [0.717, 1.165) is 0 Å². The van der Waals surface area contributed by atoms with Gasteiger partial charge in [-0.05, 0) is 44.2 Å². The number of para-hydroxylation sites is 2. The molecule has 0 bridgehead atoms. The highest BCUT2D eigenvalue weighted by atomic mass is 35.5. The molecular weight excluding hydrogens is 400 g/mol. The zero-order valence-electron chi connectivity index (χ0n) is 16.0. The quantitative estimate of drug-likeness (QED) is 0.624. The number of benzene rings is 2. The molecule has 2 amide bonds. The van der Waals surface area contributed by atoms with E-state index < -0.39 is 5.25 Å². The number of nitrogens with one attached hydrogen (secondary N) is 2. The molecule has 6 nitrogen and oxygen atoms in total. The second kappa shape index (κ2) is 10.8. The van der Waals surface area contributed by atoms with E-state index in [-0.39, 0.29) is 17.6 Å². The number of anilines is 2. The third-order valence-corrected chi connectivity index (χ3v) is 5.15. The van der Waals surface area contributed by atoms with E-state index in [2.05, 4.69) is 10.6 Å². The maximum Gasteiger partial charge on any atom is 0.237 e. The van der Waals surface area contributed by atoms with Crippen LogP contribution in [0.5, 0.6) is 11.5 Å². The Bertz CT molecular complexity index is 832. The molecule has 0 fully saturated rings. The number of rotatable bonds is 9. The lowest BCUT2D eigenvalue weighted by Crippen LogP contribution is -2.25. The van der Waals surface area contributed by atoms with Gasteiger partial charge in [0.05, 0.1) is 35.4 Å². The Kier molecular flexibility index (Phi) is 8.47. The van der Waals surface area contributed by atoms with E-state index >= 15 is 0 Å². The van der Waals surface area contributed by atoms with E-state index in [4.69, 9.17) is 21.1 Å². The van der Waals surface area contributed by atoms with E-state index in [1.807, 2.05) is 19.1 Å². The summed E-state index contributed by atoms with van der Waals surface area (Å²) in [6.45, 7) is 4.13. The molecule has 0 aliphatic carbocycles. The van der Waals surface area contributed by atoms with Gasteiger partial charge in [-0.25, -0.2) is 0 Å². The number of hydrogen-bond donors (Lipinski definition) is 2. The Morgan fingerprint density at radius 3 is 2.57 bits per heavy atom. The molecule has 0 aliphatic heterocycles. The molecule has 0 radical (unpaired) electrons. The zero-order valence-corrected chi connectivity index (χ0v) is 17.5. The molecule has 1 atom stereocenters. The summed E-state index contributed by atoms with van der Waals surface area (Å²) in [6, 6.07) is 12.2. The fraction of sp³-hybridized carbons (Fsp3) is 0.300. The van der Waals surface area contributed by atoms with Crippen molar-refractivity contribution in [1.82, 2.24) is 0 Å². The molecular formula is C20H23ClN2O4S. The van der Waals surface area contributed by atoms with Gasteiger partial charge in [-0.1, -0.05) is 23.7 Å². The molecule has 0 aliphatic rings. The average Bonchev–Trinajstić information content (AvgIpc) is 2.68. The molecule has 28 heavy (non-hydrogen) atoms. The van der Waals surface area contributed by atoms with Crippen LogP contribution in [0.25, 0.3) is 0 Å². The van der Waals surface area contributed by atoms with Crippen LogP contribution in [-0.2, 0) is 9.59 Å². The van der Waals surface area contributed by atoms with Crippen molar-refractivity contribution in [3.8, 4) is 11.5 Å². The second-order valence-electron chi connectivity index (χ2n) is 5.77. The molecule has 2 rings (SSSR count). The van der Waals surface area contributed by atoms with Crippen molar-refractivity contribution in [2.24, 2.45) is 0 Å². The van der Waals surface area contributed by atoms with Gasteiger partial charge in [0.25, 0.3) is 0 Å². The topological polar surface area (TPSA) is 76.7 Å². The molecule has 1 unspecified atom stereocenters. The van der Waals surface area contributed by atoms with Crippen LogP contribution in [0.3, 0.4) is 0 Å². The van der Waals surface area contributed by atoms with Crippen LogP contribution >= 0.6 is 23.4 Å².